The third-order valence-electron chi connectivity index (χ3n) is 4.15. The Balaban J connectivity index is 1.85. The van der Waals surface area contributed by atoms with Gasteiger partial charge in [0.05, 0.1) is 6.42 Å². The van der Waals surface area contributed by atoms with E-state index in [0.29, 0.717) is 12.3 Å². The molecule has 0 spiro atoms. The summed E-state index contributed by atoms with van der Waals surface area (Å²) >= 11 is 0. The van der Waals surface area contributed by atoms with Gasteiger partial charge in [0.25, 0.3) is 0 Å². The molecule has 2 saturated carbocycles. The summed E-state index contributed by atoms with van der Waals surface area (Å²) in [5.41, 5.74) is -0.598. The van der Waals surface area contributed by atoms with Crippen LogP contribution < -0.4 is 5.32 Å². The highest BCUT2D eigenvalue weighted by molar-refractivity contribution is 5.83. The van der Waals surface area contributed by atoms with E-state index in [1.54, 1.807) is 0 Å². The van der Waals surface area contributed by atoms with E-state index in [2.05, 4.69) is 5.32 Å². The molecule has 17 heavy (non-hydrogen) atoms. The minimum absolute atomic E-state index is 0.00391. The molecular formula is C13H21NO3. The minimum Gasteiger partial charge on any atom is -0.481 e. The van der Waals surface area contributed by atoms with Crippen molar-refractivity contribution in [3.8, 4) is 0 Å². The van der Waals surface area contributed by atoms with Crippen molar-refractivity contribution in [3.63, 3.8) is 0 Å². The lowest BCUT2D eigenvalue weighted by Crippen LogP contribution is -2.47. The van der Waals surface area contributed by atoms with Gasteiger partial charge in [0.1, 0.15) is 0 Å². The van der Waals surface area contributed by atoms with Crippen LogP contribution >= 0.6 is 0 Å². The van der Waals surface area contributed by atoms with Crippen LogP contribution in [0.25, 0.3) is 0 Å². The van der Waals surface area contributed by atoms with Crippen molar-refractivity contribution in [2.24, 2.45) is 17.8 Å². The molecule has 0 bridgehead atoms. The Kier molecular flexibility index (Phi) is 3.15. The van der Waals surface area contributed by atoms with Crippen molar-refractivity contribution in [2.75, 3.05) is 0 Å². The van der Waals surface area contributed by atoms with Gasteiger partial charge < -0.3 is 10.4 Å². The first kappa shape index (κ1) is 12.4. The highest BCUT2D eigenvalue weighted by Gasteiger charge is 2.51. The lowest BCUT2D eigenvalue weighted by molar-refractivity contribution is -0.139. The van der Waals surface area contributed by atoms with Gasteiger partial charge in [0, 0.05) is 11.5 Å². The number of nitrogens with one attached hydrogen (secondary N) is 1. The number of hydrogen-bond donors (Lipinski definition) is 2. The van der Waals surface area contributed by atoms with Crippen molar-refractivity contribution in [3.05, 3.63) is 0 Å². The zero-order chi connectivity index (χ0) is 12.6. The number of carboxylic acid groups (broad SMARTS) is 1. The second-order valence-corrected chi connectivity index (χ2v) is 5.82. The summed E-state index contributed by atoms with van der Waals surface area (Å²) in [6.07, 6.45) is 4.19. The van der Waals surface area contributed by atoms with Crippen LogP contribution in [0.5, 0.6) is 0 Å². The average Bonchev–Trinajstić information content (AvgIpc) is 3.07. The van der Waals surface area contributed by atoms with E-state index in [1.165, 1.54) is 12.8 Å². The first-order chi connectivity index (χ1) is 7.95. The Morgan fingerprint density at radius 3 is 2.53 bits per heavy atom. The number of carbonyl (C=O) groups is 2. The second-order valence-electron chi connectivity index (χ2n) is 5.82. The molecule has 2 fully saturated rings. The molecule has 1 amide bonds. The molecule has 0 unspecified atom stereocenters. The van der Waals surface area contributed by atoms with Crippen LogP contribution in [0.4, 0.5) is 0 Å². The number of hydrogen-bond acceptors (Lipinski definition) is 2. The standard InChI is InChI=1S/C13H21NO3/c1-3-13(2,7-11(15)16)14-12(17)10-6-9(10)8-4-5-8/h8-10H,3-7H2,1-2H3,(H,14,17)(H,15,16)/t9-,10+,13+/m0/s1. The summed E-state index contributed by atoms with van der Waals surface area (Å²) in [4.78, 5) is 22.8. The maximum absolute atomic E-state index is 12.0. The molecule has 2 aliphatic carbocycles. The van der Waals surface area contributed by atoms with Gasteiger partial charge in [-0.05, 0) is 44.4 Å². The zero-order valence-electron chi connectivity index (χ0n) is 10.5. The fourth-order valence-corrected chi connectivity index (χ4v) is 2.54. The van der Waals surface area contributed by atoms with Gasteiger partial charge in [-0.3, -0.25) is 9.59 Å². The van der Waals surface area contributed by atoms with Gasteiger partial charge in [-0.2, -0.15) is 0 Å². The smallest absolute Gasteiger partial charge is 0.305 e. The molecule has 3 atom stereocenters. The lowest BCUT2D eigenvalue weighted by atomic mass is 9.94. The number of carbonyl (C=O) groups excluding carboxylic acids is 1. The Bertz CT molecular complexity index is 338. The van der Waals surface area contributed by atoms with E-state index in [4.69, 9.17) is 5.11 Å². The van der Waals surface area contributed by atoms with Crippen LogP contribution in [0.3, 0.4) is 0 Å². The van der Waals surface area contributed by atoms with E-state index in [1.807, 2.05) is 13.8 Å². The molecule has 0 aliphatic heterocycles. The Morgan fingerprint density at radius 2 is 2.06 bits per heavy atom. The quantitative estimate of drug-likeness (QED) is 0.742. The van der Waals surface area contributed by atoms with E-state index >= 15 is 0 Å². The van der Waals surface area contributed by atoms with Crippen molar-refractivity contribution in [1.29, 1.82) is 0 Å². The van der Waals surface area contributed by atoms with Crippen molar-refractivity contribution >= 4 is 11.9 Å². The molecule has 0 aromatic rings. The molecule has 0 aromatic carbocycles. The van der Waals surface area contributed by atoms with Crippen LogP contribution in [0, 0.1) is 17.8 Å². The fourth-order valence-electron chi connectivity index (χ4n) is 2.54. The third-order valence-corrected chi connectivity index (χ3v) is 4.15. The molecule has 4 heteroatoms. The molecule has 0 aromatic heterocycles. The van der Waals surface area contributed by atoms with Gasteiger partial charge in [0.2, 0.25) is 5.91 Å². The summed E-state index contributed by atoms with van der Waals surface area (Å²) in [6.45, 7) is 3.72. The van der Waals surface area contributed by atoms with Gasteiger partial charge in [-0.25, -0.2) is 0 Å². The molecule has 0 heterocycles. The SMILES string of the molecule is CC[C@](C)(CC(=O)O)NC(=O)[C@@H]1C[C@H]1C1CC1. The van der Waals surface area contributed by atoms with Gasteiger partial charge in [-0.15, -0.1) is 0 Å². The third kappa shape index (κ3) is 2.99. The van der Waals surface area contributed by atoms with Crippen molar-refractivity contribution < 1.29 is 14.7 Å². The van der Waals surface area contributed by atoms with Gasteiger partial charge in [-0.1, -0.05) is 6.92 Å². The maximum Gasteiger partial charge on any atom is 0.305 e. The Labute approximate surface area is 102 Å². The van der Waals surface area contributed by atoms with Crippen molar-refractivity contribution in [1.82, 2.24) is 5.32 Å². The molecule has 2 N–H and O–H groups in total. The normalized spacial score (nSPS) is 30.5. The van der Waals surface area contributed by atoms with Gasteiger partial charge in [0.15, 0.2) is 0 Å². The van der Waals surface area contributed by atoms with E-state index in [9.17, 15) is 9.59 Å². The summed E-state index contributed by atoms with van der Waals surface area (Å²) < 4.78 is 0. The minimum atomic E-state index is -0.857. The summed E-state index contributed by atoms with van der Waals surface area (Å²) in [6, 6.07) is 0. The van der Waals surface area contributed by atoms with Crippen LogP contribution in [-0.4, -0.2) is 22.5 Å². The molecule has 2 rings (SSSR count). The molecule has 0 saturated heterocycles. The molecule has 4 nitrogen and oxygen atoms in total. The molecule has 96 valence electrons. The van der Waals surface area contributed by atoms with Crippen LogP contribution in [0.2, 0.25) is 0 Å². The van der Waals surface area contributed by atoms with Gasteiger partial charge >= 0.3 is 5.97 Å². The highest BCUT2D eigenvalue weighted by atomic mass is 16.4. The van der Waals surface area contributed by atoms with E-state index in [0.717, 1.165) is 12.3 Å². The Morgan fingerprint density at radius 1 is 1.41 bits per heavy atom. The first-order valence-corrected chi connectivity index (χ1v) is 6.49. The fraction of sp³-hybridized carbons (Fsp3) is 0.846. The van der Waals surface area contributed by atoms with E-state index in [-0.39, 0.29) is 18.2 Å². The predicted molar refractivity (Wildman–Crippen MR) is 63.4 cm³/mol. The molecule has 2 aliphatic rings. The number of amides is 1. The number of carboxylic acids is 1. The van der Waals surface area contributed by atoms with Crippen LogP contribution in [-0.2, 0) is 9.59 Å². The van der Waals surface area contributed by atoms with Crippen LogP contribution in [0.1, 0.15) is 46.0 Å². The zero-order valence-corrected chi connectivity index (χ0v) is 10.5. The summed E-state index contributed by atoms with van der Waals surface area (Å²) in [5, 5.41) is 11.8. The highest BCUT2D eigenvalue weighted by Crippen LogP contribution is 2.54. The monoisotopic (exact) mass is 239 g/mol. The van der Waals surface area contributed by atoms with Crippen molar-refractivity contribution in [2.45, 2.75) is 51.5 Å². The summed E-state index contributed by atoms with van der Waals surface area (Å²) in [5.74, 6) is 0.720. The van der Waals surface area contributed by atoms with E-state index < -0.39 is 11.5 Å². The Hall–Kier alpha value is -1.06. The van der Waals surface area contributed by atoms with Crippen LogP contribution in [0.15, 0.2) is 0 Å². The predicted octanol–water partition coefficient (Wildman–Crippen LogP) is 1.79. The largest absolute Gasteiger partial charge is 0.481 e. The lowest BCUT2D eigenvalue weighted by Gasteiger charge is -2.28. The number of aliphatic carboxylic acids is 1. The molecule has 0 radical (unpaired) electrons. The second kappa shape index (κ2) is 4.31. The first-order valence-electron chi connectivity index (χ1n) is 6.49. The topological polar surface area (TPSA) is 66.4 Å². The average molecular weight is 239 g/mol. The number of rotatable bonds is 6. The maximum atomic E-state index is 12.0. The molecular weight excluding hydrogens is 218 g/mol. The summed E-state index contributed by atoms with van der Waals surface area (Å²) in [7, 11) is 0.